The van der Waals surface area contributed by atoms with Crippen LogP contribution in [0.25, 0.3) is 10.8 Å². The molecule has 0 aromatic heterocycles. The van der Waals surface area contributed by atoms with Crippen LogP contribution in [0.15, 0.2) is 47.4 Å². The van der Waals surface area contributed by atoms with Crippen LogP contribution in [0.5, 0.6) is 0 Å². The summed E-state index contributed by atoms with van der Waals surface area (Å²) in [5.41, 5.74) is 5.97. The van der Waals surface area contributed by atoms with Gasteiger partial charge in [-0.1, -0.05) is 43.7 Å². The Balaban J connectivity index is 1.80. The summed E-state index contributed by atoms with van der Waals surface area (Å²) in [5, 5.41) is 3.35. The largest absolute Gasteiger partial charge is 0.330 e. The highest BCUT2D eigenvalue weighted by Crippen LogP contribution is 2.40. The predicted octanol–water partition coefficient (Wildman–Crippen LogP) is 4.70. The van der Waals surface area contributed by atoms with Gasteiger partial charge in [0, 0.05) is 10.1 Å². The minimum absolute atomic E-state index is 0.683. The van der Waals surface area contributed by atoms with Crippen molar-refractivity contribution in [1.29, 1.82) is 0 Å². The van der Waals surface area contributed by atoms with Crippen LogP contribution in [0.4, 0.5) is 0 Å². The normalized spacial score (nSPS) is 26.8. The van der Waals surface area contributed by atoms with Gasteiger partial charge in [0.25, 0.3) is 0 Å². The molecule has 1 fully saturated rings. The molecule has 2 heteroatoms. The van der Waals surface area contributed by atoms with Gasteiger partial charge in [-0.2, -0.15) is 0 Å². The first-order valence-electron chi connectivity index (χ1n) is 7.62. The van der Waals surface area contributed by atoms with E-state index in [0.29, 0.717) is 11.2 Å². The average Bonchev–Trinajstić information content (AvgIpc) is 2.47. The van der Waals surface area contributed by atoms with Gasteiger partial charge in [-0.05, 0) is 54.1 Å². The van der Waals surface area contributed by atoms with Gasteiger partial charge in [0.15, 0.2) is 0 Å². The zero-order valence-corrected chi connectivity index (χ0v) is 12.9. The molecule has 1 aliphatic rings. The SMILES string of the molecule is CC1CCC(CN)C(Sc2ccc3ccccc3c2)C1. The van der Waals surface area contributed by atoms with Crippen LogP contribution in [0.1, 0.15) is 26.2 Å². The van der Waals surface area contributed by atoms with Crippen LogP contribution in [0.3, 0.4) is 0 Å². The third-order valence-corrected chi connectivity index (χ3v) is 5.91. The third-order valence-electron chi connectivity index (χ3n) is 4.50. The van der Waals surface area contributed by atoms with Crippen LogP contribution in [-0.2, 0) is 0 Å². The van der Waals surface area contributed by atoms with Crippen molar-refractivity contribution in [3.05, 3.63) is 42.5 Å². The minimum atomic E-state index is 0.683. The highest BCUT2D eigenvalue weighted by molar-refractivity contribution is 8.00. The molecule has 0 saturated heterocycles. The lowest BCUT2D eigenvalue weighted by Crippen LogP contribution is -2.31. The second kappa shape index (κ2) is 6.19. The molecule has 20 heavy (non-hydrogen) atoms. The number of fused-ring (bicyclic) bond motifs is 1. The molecule has 0 radical (unpaired) electrons. The molecule has 106 valence electrons. The topological polar surface area (TPSA) is 26.0 Å². The maximum Gasteiger partial charge on any atom is 0.0137 e. The van der Waals surface area contributed by atoms with Gasteiger partial charge < -0.3 is 5.73 Å². The van der Waals surface area contributed by atoms with Crippen LogP contribution in [0.2, 0.25) is 0 Å². The van der Waals surface area contributed by atoms with Crippen LogP contribution >= 0.6 is 11.8 Å². The molecule has 0 bridgehead atoms. The first-order chi connectivity index (χ1) is 9.76. The quantitative estimate of drug-likeness (QED) is 0.885. The Morgan fingerprint density at radius 3 is 2.70 bits per heavy atom. The van der Waals surface area contributed by atoms with Gasteiger partial charge >= 0.3 is 0 Å². The molecule has 0 aliphatic heterocycles. The Hall–Kier alpha value is -0.990. The van der Waals surface area contributed by atoms with Crippen LogP contribution < -0.4 is 5.73 Å². The Bertz CT molecular complexity index is 580. The van der Waals surface area contributed by atoms with Crippen molar-refractivity contribution in [3.8, 4) is 0 Å². The van der Waals surface area contributed by atoms with Gasteiger partial charge in [0.1, 0.15) is 0 Å². The van der Waals surface area contributed by atoms with Crippen molar-refractivity contribution in [2.45, 2.75) is 36.3 Å². The molecule has 3 unspecified atom stereocenters. The number of hydrogen-bond donors (Lipinski definition) is 1. The van der Waals surface area contributed by atoms with Crippen molar-refractivity contribution in [3.63, 3.8) is 0 Å². The van der Waals surface area contributed by atoms with Gasteiger partial charge in [-0.15, -0.1) is 11.8 Å². The van der Waals surface area contributed by atoms with Gasteiger partial charge in [0.2, 0.25) is 0 Å². The first kappa shape index (κ1) is 14.0. The van der Waals surface area contributed by atoms with Gasteiger partial charge in [-0.3, -0.25) is 0 Å². The summed E-state index contributed by atoms with van der Waals surface area (Å²) < 4.78 is 0. The molecule has 1 saturated carbocycles. The summed E-state index contributed by atoms with van der Waals surface area (Å²) in [4.78, 5) is 1.39. The van der Waals surface area contributed by atoms with Crippen LogP contribution in [0, 0.1) is 11.8 Å². The van der Waals surface area contributed by atoms with Gasteiger partial charge in [-0.25, -0.2) is 0 Å². The molecule has 2 N–H and O–H groups in total. The number of thioether (sulfide) groups is 1. The highest BCUT2D eigenvalue weighted by atomic mass is 32.2. The number of nitrogens with two attached hydrogens (primary N) is 1. The Morgan fingerprint density at radius 1 is 1.10 bits per heavy atom. The summed E-state index contributed by atoms with van der Waals surface area (Å²) in [5.74, 6) is 1.53. The van der Waals surface area contributed by atoms with E-state index in [9.17, 15) is 0 Å². The number of hydrogen-bond acceptors (Lipinski definition) is 2. The average molecular weight is 285 g/mol. The molecule has 0 amide bonds. The van der Waals surface area contributed by atoms with Crippen molar-refractivity contribution in [2.24, 2.45) is 17.6 Å². The van der Waals surface area contributed by atoms with Crippen molar-refractivity contribution in [2.75, 3.05) is 6.54 Å². The monoisotopic (exact) mass is 285 g/mol. The summed E-state index contributed by atoms with van der Waals surface area (Å²) in [7, 11) is 0. The Morgan fingerprint density at radius 2 is 1.90 bits per heavy atom. The fourth-order valence-corrected chi connectivity index (χ4v) is 4.78. The molecule has 0 spiro atoms. The zero-order valence-electron chi connectivity index (χ0n) is 12.1. The Kier molecular flexibility index (Phi) is 4.32. The lowest BCUT2D eigenvalue weighted by molar-refractivity contribution is 0.306. The van der Waals surface area contributed by atoms with E-state index in [1.165, 1.54) is 34.9 Å². The summed E-state index contributed by atoms with van der Waals surface area (Å²) in [6.45, 7) is 3.21. The lowest BCUT2D eigenvalue weighted by atomic mass is 9.82. The predicted molar refractivity (Wildman–Crippen MR) is 89.2 cm³/mol. The summed E-state index contributed by atoms with van der Waals surface area (Å²) in [6, 6.07) is 15.4. The third kappa shape index (κ3) is 3.02. The molecule has 0 heterocycles. The first-order valence-corrected chi connectivity index (χ1v) is 8.50. The molecule has 3 rings (SSSR count). The standard InChI is InChI=1S/C18H23NS/c1-13-6-7-16(12-19)18(10-13)20-17-9-8-14-4-2-3-5-15(14)11-17/h2-5,8-9,11,13,16,18H,6-7,10,12,19H2,1H3. The van der Waals surface area contributed by atoms with E-state index in [-0.39, 0.29) is 0 Å². The van der Waals surface area contributed by atoms with E-state index in [4.69, 9.17) is 5.73 Å². The maximum atomic E-state index is 5.97. The zero-order chi connectivity index (χ0) is 13.9. The second-order valence-electron chi connectivity index (χ2n) is 6.08. The van der Waals surface area contributed by atoms with E-state index >= 15 is 0 Å². The summed E-state index contributed by atoms with van der Waals surface area (Å²) in [6.07, 6.45) is 3.94. The maximum absolute atomic E-state index is 5.97. The number of rotatable bonds is 3. The number of benzene rings is 2. The van der Waals surface area contributed by atoms with E-state index in [1.807, 2.05) is 11.8 Å². The van der Waals surface area contributed by atoms with Crippen molar-refractivity contribution in [1.82, 2.24) is 0 Å². The summed E-state index contributed by atoms with van der Waals surface area (Å²) >= 11 is 2.04. The molecular formula is C18H23NS. The second-order valence-corrected chi connectivity index (χ2v) is 7.39. The smallest absolute Gasteiger partial charge is 0.0137 e. The fraction of sp³-hybridized carbons (Fsp3) is 0.444. The van der Waals surface area contributed by atoms with E-state index in [2.05, 4.69) is 49.4 Å². The fourth-order valence-electron chi connectivity index (χ4n) is 3.22. The van der Waals surface area contributed by atoms with Crippen molar-refractivity contribution >= 4 is 22.5 Å². The minimum Gasteiger partial charge on any atom is -0.330 e. The highest BCUT2D eigenvalue weighted by Gasteiger charge is 2.28. The molecular weight excluding hydrogens is 262 g/mol. The van der Waals surface area contributed by atoms with Crippen LogP contribution in [-0.4, -0.2) is 11.8 Å². The van der Waals surface area contributed by atoms with E-state index in [0.717, 1.165) is 12.5 Å². The Labute approximate surface area is 125 Å². The molecule has 1 nitrogen and oxygen atoms in total. The molecule has 2 aromatic rings. The van der Waals surface area contributed by atoms with E-state index in [1.54, 1.807) is 0 Å². The molecule has 3 atom stereocenters. The van der Waals surface area contributed by atoms with Crippen molar-refractivity contribution < 1.29 is 0 Å². The van der Waals surface area contributed by atoms with Gasteiger partial charge in [0.05, 0.1) is 0 Å². The van der Waals surface area contributed by atoms with E-state index < -0.39 is 0 Å². The molecule has 1 aliphatic carbocycles. The molecule has 2 aromatic carbocycles. The lowest BCUT2D eigenvalue weighted by Gasteiger charge is -2.33.